The van der Waals surface area contributed by atoms with Gasteiger partial charge in [-0.05, 0) is 12.1 Å². The van der Waals surface area contributed by atoms with Crippen LogP contribution in [0.3, 0.4) is 0 Å². The summed E-state index contributed by atoms with van der Waals surface area (Å²) < 4.78 is 15.4. The number of rotatable bonds is 0. The van der Waals surface area contributed by atoms with Gasteiger partial charge in [-0.1, -0.05) is 24.3 Å². The van der Waals surface area contributed by atoms with Crippen LogP contribution in [0.4, 0.5) is 0 Å². The zero-order valence-electron chi connectivity index (χ0n) is 20.2. The fraction of sp³-hybridized carbons (Fsp3) is 0.462. The number of furan rings is 1. The first-order chi connectivity index (χ1) is 17.3. The average molecular weight is 538 g/mol. The molecule has 2 aliphatic carbocycles. The van der Waals surface area contributed by atoms with E-state index in [0.29, 0.717) is 12.8 Å². The van der Waals surface area contributed by atoms with E-state index in [9.17, 15) is 28.8 Å². The molecule has 8 rings (SSSR count). The summed E-state index contributed by atoms with van der Waals surface area (Å²) in [5.74, 6) is -0.817. The third-order valence-electron chi connectivity index (χ3n) is 7.25. The van der Waals surface area contributed by atoms with Crippen LogP contribution in [-0.4, -0.2) is 59.4 Å². The minimum absolute atomic E-state index is 0. The summed E-state index contributed by atoms with van der Waals surface area (Å²) in [4.78, 5) is 65.5. The number of nitrogens with one attached hydrogen (secondary N) is 1. The van der Waals surface area contributed by atoms with Gasteiger partial charge in [-0.3, -0.25) is 34.1 Å². The molecule has 8 unspecified atom stereocenters. The Labute approximate surface area is 256 Å². The second kappa shape index (κ2) is 11.9. The molecule has 11 heteroatoms. The topological polar surface area (TPSA) is 146 Å². The summed E-state index contributed by atoms with van der Waals surface area (Å²) in [5, 5.41) is 2.32. The third-order valence-corrected chi connectivity index (χ3v) is 7.25. The molecule has 2 amide bonds. The summed E-state index contributed by atoms with van der Waals surface area (Å²) >= 11 is 0. The molecule has 5 aliphatic heterocycles. The second-order valence-electron chi connectivity index (χ2n) is 9.51. The fourth-order valence-corrected chi connectivity index (χ4v) is 5.61. The first-order valence-electron chi connectivity index (χ1n) is 11.9. The normalized spacial score (nSPS) is 36.6. The number of ketones is 4. The van der Waals surface area contributed by atoms with Crippen LogP contribution in [0.2, 0.25) is 0 Å². The number of Topliss-reactive ketones (excluding diaryl/α,β-unsaturated/α-hetero) is 4. The number of hydrogen-bond acceptors (Lipinski definition) is 9. The SMILES string of the molecule is O=C1CC(=O)C2C3C=CC(O3)C12.O=C1CCC(=O)C1.O=C1NC(=O)C2C3C=CC(O3)C12.[2HH].[K+].c1ccoc1. The zero-order valence-corrected chi connectivity index (χ0v) is 23.4. The van der Waals surface area contributed by atoms with Crippen LogP contribution < -0.4 is 56.7 Å². The first kappa shape index (κ1) is 28.2. The van der Waals surface area contributed by atoms with Crippen molar-refractivity contribution in [3.63, 3.8) is 0 Å². The average Bonchev–Trinajstić information content (AvgIpc) is 3.69. The van der Waals surface area contributed by atoms with Crippen molar-refractivity contribution in [2.75, 3.05) is 0 Å². The molecule has 0 radical (unpaired) electrons. The Balaban J connectivity index is 0.000000145. The Morgan fingerprint density at radius 2 is 1.03 bits per heavy atom. The standard InChI is InChI=1S/C9H8O3.C8H7NO3.C5H6O2.C4H4O.K.H2/c10-4-3-5(11)9-7-2-1-6(12-7)8(4)9;10-7-5-3-1-2-4(12-3)6(5)8(11)9-7;6-4-1-2-5(7)3-4;1-2-4-5-3-1;;/h1-2,6-9H,3H2;1-6H,(H,9,10,11);1-3H2;1-4H;;1H/q;;;;+1;/i;;;;;1+1. The molecule has 190 valence electrons. The van der Waals surface area contributed by atoms with E-state index in [1.807, 2.05) is 36.4 Å². The van der Waals surface area contributed by atoms with Crippen molar-refractivity contribution in [3.05, 3.63) is 49.0 Å². The second-order valence-corrected chi connectivity index (χ2v) is 9.51. The van der Waals surface area contributed by atoms with Gasteiger partial charge >= 0.3 is 51.4 Å². The summed E-state index contributed by atoms with van der Waals surface area (Å²) in [5.41, 5.74) is 0. The molecule has 0 aromatic carbocycles. The van der Waals surface area contributed by atoms with Gasteiger partial charge in [0.25, 0.3) is 0 Å². The molecule has 4 bridgehead atoms. The summed E-state index contributed by atoms with van der Waals surface area (Å²) in [6, 6.07) is 3.67. The maximum absolute atomic E-state index is 11.3. The molecule has 3 saturated heterocycles. The molecule has 0 spiro atoms. The Hall–Kier alpha value is -1.86. The van der Waals surface area contributed by atoms with Crippen LogP contribution in [0.15, 0.2) is 53.4 Å². The molecule has 8 atom stereocenters. The Kier molecular flexibility index (Phi) is 9.05. The van der Waals surface area contributed by atoms with Crippen LogP contribution in [0.25, 0.3) is 0 Å². The maximum atomic E-state index is 11.3. The van der Waals surface area contributed by atoms with Gasteiger partial charge in [0.15, 0.2) is 0 Å². The Bertz CT molecular complexity index is 1010. The number of ether oxygens (including phenoxy) is 2. The van der Waals surface area contributed by atoms with Crippen LogP contribution >= 0.6 is 0 Å². The molecule has 6 heterocycles. The smallest absolute Gasteiger partial charge is 0.473 e. The molecule has 10 nitrogen and oxygen atoms in total. The number of hydrogen-bond donors (Lipinski definition) is 1. The molecule has 1 N–H and O–H groups in total. The van der Waals surface area contributed by atoms with Gasteiger partial charge in [0.05, 0.1) is 73.5 Å². The first-order valence-corrected chi connectivity index (χ1v) is 11.9. The number of imide groups is 1. The van der Waals surface area contributed by atoms with E-state index in [1.165, 1.54) is 0 Å². The largest absolute Gasteiger partial charge is 1.00 e. The van der Waals surface area contributed by atoms with Crippen LogP contribution in [0, 0.1) is 23.7 Å². The predicted molar refractivity (Wildman–Crippen MR) is 122 cm³/mol. The van der Waals surface area contributed by atoms with Gasteiger partial charge in [0, 0.05) is 14.3 Å². The molecular weight excluding hydrogens is 509 g/mol. The van der Waals surface area contributed by atoms with E-state index in [2.05, 4.69) is 9.73 Å². The van der Waals surface area contributed by atoms with E-state index < -0.39 is 0 Å². The van der Waals surface area contributed by atoms with E-state index >= 15 is 0 Å². The van der Waals surface area contributed by atoms with E-state index in [4.69, 9.17) is 9.47 Å². The van der Waals surface area contributed by atoms with Crippen molar-refractivity contribution in [2.24, 2.45) is 23.7 Å². The van der Waals surface area contributed by atoms with Gasteiger partial charge in [-0.15, -0.1) is 0 Å². The minimum Gasteiger partial charge on any atom is -0.473 e. The van der Waals surface area contributed by atoms with Gasteiger partial charge < -0.3 is 13.9 Å². The monoisotopic (exact) mass is 537 g/mol. The van der Waals surface area contributed by atoms with Gasteiger partial charge in [0.1, 0.15) is 23.1 Å². The molecule has 1 aromatic heterocycles. The zero-order chi connectivity index (χ0) is 25.4. The van der Waals surface area contributed by atoms with E-state index in [-0.39, 0.29) is 149 Å². The van der Waals surface area contributed by atoms with E-state index in [1.54, 1.807) is 12.5 Å². The van der Waals surface area contributed by atoms with Crippen LogP contribution in [0.5, 0.6) is 0 Å². The van der Waals surface area contributed by atoms with Crippen LogP contribution in [0.1, 0.15) is 27.1 Å². The number of carbonyl (C=O) groups is 6. The van der Waals surface area contributed by atoms with Crippen molar-refractivity contribution in [2.45, 2.75) is 50.1 Å². The van der Waals surface area contributed by atoms with Crippen molar-refractivity contribution >= 4 is 34.9 Å². The van der Waals surface area contributed by atoms with Crippen molar-refractivity contribution in [3.8, 4) is 0 Å². The van der Waals surface area contributed by atoms with Crippen molar-refractivity contribution in [1.29, 1.82) is 0 Å². The number of carbonyl (C=O) groups excluding carboxylic acids is 6. The summed E-state index contributed by atoms with van der Waals surface area (Å²) in [6.07, 6.45) is 11.6. The van der Waals surface area contributed by atoms with Gasteiger partial charge in [-0.25, -0.2) is 0 Å². The molecule has 1 aromatic rings. The molecule has 2 saturated carbocycles. The quantitative estimate of drug-likeness (QED) is 0.174. The van der Waals surface area contributed by atoms with E-state index in [0.717, 1.165) is 0 Å². The molecular formula is C26H27KNO9+. The van der Waals surface area contributed by atoms with Gasteiger partial charge in [-0.2, -0.15) is 0 Å². The van der Waals surface area contributed by atoms with Gasteiger partial charge in [0.2, 0.25) is 11.8 Å². The van der Waals surface area contributed by atoms with Crippen molar-refractivity contribution < 1.29 is 95.5 Å². The summed E-state index contributed by atoms with van der Waals surface area (Å²) in [7, 11) is 0. The molecule has 5 fully saturated rings. The third kappa shape index (κ3) is 5.77. The van der Waals surface area contributed by atoms with Crippen LogP contribution in [-0.2, 0) is 38.2 Å². The molecule has 7 aliphatic rings. The Morgan fingerprint density at radius 3 is 1.35 bits per heavy atom. The number of amides is 2. The fourth-order valence-electron chi connectivity index (χ4n) is 5.61. The van der Waals surface area contributed by atoms with Crippen molar-refractivity contribution in [1.82, 2.24) is 5.32 Å². The number of fused-ring (bicyclic) bond motifs is 10. The maximum Gasteiger partial charge on any atom is 1.00 e. The predicted octanol–water partition coefficient (Wildman–Crippen LogP) is -1.85. The summed E-state index contributed by atoms with van der Waals surface area (Å²) in [6.45, 7) is 0. The Morgan fingerprint density at radius 1 is 0.622 bits per heavy atom. The minimum atomic E-state index is -0.257. The molecule has 37 heavy (non-hydrogen) atoms.